The highest BCUT2D eigenvalue weighted by Gasteiger charge is 2.13. The van der Waals surface area contributed by atoms with E-state index in [-0.39, 0.29) is 17.2 Å². The zero-order valence-corrected chi connectivity index (χ0v) is 20.4. The molecule has 0 bridgehead atoms. The van der Waals surface area contributed by atoms with Gasteiger partial charge >= 0.3 is 0 Å². The molecule has 0 saturated heterocycles. The molecule has 184 valence electrons. The van der Waals surface area contributed by atoms with E-state index in [4.69, 9.17) is 11.5 Å². The second-order valence-corrected chi connectivity index (χ2v) is 9.51. The average molecular weight is 443 g/mol. The van der Waals surface area contributed by atoms with Crippen LogP contribution in [0.2, 0.25) is 0 Å². The molecule has 8 N–H and O–H groups in total. The minimum Gasteiger partial charge on any atom is -0.356 e. The largest absolute Gasteiger partial charge is 0.356 e. The molecule has 0 saturated carbocycles. The van der Waals surface area contributed by atoms with Gasteiger partial charge in [-0.05, 0) is 89.5 Å². The quantitative estimate of drug-likeness (QED) is 0.157. The topological polar surface area (TPSA) is 134 Å². The van der Waals surface area contributed by atoms with E-state index in [2.05, 4.69) is 42.0 Å². The molecule has 0 heterocycles. The number of hydrogen-bond donors (Lipinski definition) is 6. The summed E-state index contributed by atoms with van der Waals surface area (Å²) in [5.74, 6) is 0.0162. The van der Waals surface area contributed by atoms with Gasteiger partial charge in [0.15, 0.2) is 0 Å². The number of hydrogen-bond acceptors (Lipinski definition) is 6. The monoisotopic (exact) mass is 442 g/mol. The van der Waals surface area contributed by atoms with Crippen LogP contribution in [0.5, 0.6) is 0 Å². The molecule has 0 aromatic carbocycles. The van der Waals surface area contributed by atoms with E-state index in [0.29, 0.717) is 25.9 Å². The molecule has 0 unspecified atom stereocenters. The van der Waals surface area contributed by atoms with Gasteiger partial charge in [0.05, 0.1) is 6.04 Å². The first-order valence-electron chi connectivity index (χ1n) is 12.2. The van der Waals surface area contributed by atoms with Gasteiger partial charge in [0.25, 0.3) is 0 Å². The normalized spacial score (nSPS) is 12.5. The maximum absolute atomic E-state index is 12.0. The van der Waals surface area contributed by atoms with Crippen LogP contribution in [-0.4, -0.2) is 63.7 Å². The van der Waals surface area contributed by atoms with Crippen LogP contribution in [0, 0.1) is 5.41 Å². The van der Waals surface area contributed by atoms with Crippen molar-refractivity contribution in [3.05, 3.63) is 0 Å². The van der Waals surface area contributed by atoms with Crippen LogP contribution in [0.25, 0.3) is 0 Å². The maximum atomic E-state index is 12.0. The molecular formula is C23H50N6O2. The third-order valence-corrected chi connectivity index (χ3v) is 5.05. The molecule has 8 heteroatoms. The van der Waals surface area contributed by atoms with E-state index in [1.165, 1.54) is 0 Å². The fourth-order valence-corrected chi connectivity index (χ4v) is 2.96. The molecule has 1 atom stereocenters. The Hall–Kier alpha value is -1.22. The van der Waals surface area contributed by atoms with Gasteiger partial charge in [0.1, 0.15) is 0 Å². The standard InChI is InChI=1S/C23H50N6O2/c1-23(2,3)12-11-21(30)28-18-5-4-10-20(25)22(31)29-19-9-17-27-15-7-6-14-26-16-8-13-24/h20,26-27H,4-19,24-25H2,1-3H3,(H,28,30)(H,29,31)/t20-/m0/s1. The molecule has 2 amide bonds. The molecule has 0 fully saturated rings. The molecule has 0 rings (SSSR count). The van der Waals surface area contributed by atoms with Crippen molar-refractivity contribution in [1.82, 2.24) is 21.3 Å². The van der Waals surface area contributed by atoms with Crippen LogP contribution in [0.15, 0.2) is 0 Å². The Bertz CT molecular complexity index is 454. The molecule has 8 nitrogen and oxygen atoms in total. The van der Waals surface area contributed by atoms with Gasteiger partial charge in [0.2, 0.25) is 11.8 Å². The Kier molecular flexibility index (Phi) is 18.7. The Labute approximate surface area is 190 Å². The van der Waals surface area contributed by atoms with Crippen LogP contribution in [0.1, 0.15) is 78.6 Å². The van der Waals surface area contributed by atoms with E-state index in [1.54, 1.807) is 0 Å². The maximum Gasteiger partial charge on any atom is 0.236 e. The summed E-state index contributed by atoms with van der Waals surface area (Å²) < 4.78 is 0. The molecule has 0 aromatic rings. The lowest BCUT2D eigenvalue weighted by Gasteiger charge is -2.17. The van der Waals surface area contributed by atoms with Gasteiger partial charge < -0.3 is 32.7 Å². The lowest BCUT2D eigenvalue weighted by molar-refractivity contribution is -0.123. The van der Waals surface area contributed by atoms with Crippen molar-refractivity contribution < 1.29 is 9.59 Å². The molecule has 31 heavy (non-hydrogen) atoms. The molecule has 0 aliphatic carbocycles. The van der Waals surface area contributed by atoms with Crippen LogP contribution in [-0.2, 0) is 9.59 Å². The second-order valence-electron chi connectivity index (χ2n) is 9.51. The summed E-state index contributed by atoms with van der Waals surface area (Å²) in [7, 11) is 0. The first kappa shape index (κ1) is 29.8. The number of rotatable bonds is 20. The van der Waals surface area contributed by atoms with Crippen molar-refractivity contribution >= 4 is 11.8 Å². The highest BCUT2D eigenvalue weighted by molar-refractivity contribution is 5.81. The van der Waals surface area contributed by atoms with Crippen molar-refractivity contribution in [3.63, 3.8) is 0 Å². The molecule has 0 spiro atoms. The summed E-state index contributed by atoms with van der Waals surface area (Å²) in [5.41, 5.74) is 11.6. The number of nitrogens with two attached hydrogens (primary N) is 2. The number of carbonyl (C=O) groups excluding carboxylic acids is 2. The first-order valence-corrected chi connectivity index (χ1v) is 12.2. The van der Waals surface area contributed by atoms with Gasteiger partial charge in [0, 0.05) is 19.5 Å². The Morgan fingerprint density at radius 1 is 0.774 bits per heavy atom. The molecule has 0 aromatic heterocycles. The lowest BCUT2D eigenvalue weighted by Crippen LogP contribution is -2.41. The van der Waals surface area contributed by atoms with E-state index in [9.17, 15) is 9.59 Å². The average Bonchev–Trinajstić information content (AvgIpc) is 2.72. The molecule has 0 aliphatic heterocycles. The van der Waals surface area contributed by atoms with Crippen LogP contribution < -0.4 is 32.7 Å². The van der Waals surface area contributed by atoms with Crippen molar-refractivity contribution in [2.45, 2.75) is 84.6 Å². The van der Waals surface area contributed by atoms with Crippen molar-refractivity contribution in [3.8, 4) is 0 Å². The van der Waals surface area contributed by atoms with Crippen LogP contribution >= 0.6 is 0 Å². The molecular weight excluding hydrogens is 392 g/mol. The van der Waals surface area contributed by atoms with Gasteiger partial charge in [-0.2, -0.15) is 0 Å². The van der Waals surface area contributed by atoms with E-state index in [1.807, 2.05) is 0 Å². The summed E-state index contributed by atoms with van der Waals surface area (Å²) in [6.45, 7) is 12.4. The van der Waals surface area contributed by atoms with Gasteiger partial charge in [-0.3, -0.25) is 9.59 Å². The van der Waals surface area contributed by atoms with Gasteiger partial charge in [-0.15, -0.1) is 0 Å². The molecule has 0 radical (unpaired) electrons. The van der Waals surface area contributed by atoms with E-state index >= 15 is 0 Å². The minimum absolute atomic E-state index is 0.0854. The predicted octanol–water partition coefficient (Wildman–Crippen LogP) is 1.24. The lowest BCUT2D eigenvalue weighted by atomic mass is 9.90. The van der Waals surface area contributed by atoms with E-state index in [0.717, 1.165) is 77.7 Å². The van der Waals surface area contributed by atoms with E-state index < -0.39 is 6.04 Å². The first-order chi connectivity index (χ1) is 14.8. The summed E-state index contributed by atoms with van der Waals surface area (Å²) in [6, 6.07) is -0.476. The Morgan fingerprint density at radius 3 is 1.94 bits per heavy atom. The SMILES string of the molecule is CC(C)(C)CCC(=O)NCCCC[C@H](N)C(=O)NCCCNCCCCNCCCN. The van der Waals surface area contributed by atoms with Crippen molar-refractivity contribution in [2.24, 2.45) is 16.9 Å². The predicted molar refractivity (Wildman–Crippen MR) is 130 cm³/mol. The summed E-state index contributed by atoms with van der Waals surface area (Å²) in [4.78, 5) is 23.8. The summed E-state index contributed by atoms with van der Waals surface area (Å²) >= 11 is 0. The number of unbranched alkanes of at least 4 members (excludes halogenated alkanes) is 2. The summed E-state index contributed by atoms with van der Waals surface area (Å²) in [6.07, 6.45) is 7.98. The zero-order valence-electron chi connectivity index (χ0n) is 20.4. The Balaban J connectivity index is 3.47. The fraction of sp³-hybridized carbons (Fsp3) is 0.913. The van der Waals surface area contributed by atoms with Crippen molar-refractivity contribution in [2.75, 3.05) is 45.8 Å². The zero-order chi connectivity index (χ0) is 23.4. The van der Waals surface area contributed by atoms with Gasteiger partial charge in [-0.25, -0.2) is 0 Å². The Morgan fingerprint density at radius 2 is 1.32 bits per heavy atom. The minimum atomic E-state index is -0.476. The van der Waals surface area contributed by atoms with Crippen LogP contribution in [0.4, 0.5) is 0 Å². The van der Waals surface area contributed by atoms with Crippen molar-refractivity contribution in [1.29, 1.82) is 0 Å². The molecule has 0 aliphatic rings. The smallest absolute Gasteiger partial charge is 0.236 e. The third-order valence-electron chi connectivity index (χ3n) is 5.05. The number of carbonyl (C=O) groups is 2. The highest BCUT2D eigenvalue weighted by atomic mass is 16.2. The fourth-order valence-electron chi connectivity index (χ4n) is 2.96. The number of amides is 2. The van der Waals surface area contributed by atoms with Crippen LogP contribution in [0.3, 0.4) is 0 Å². The van der Waals surface area contributed by atoms with Gasteiger partial charge in [-0.1, -0.05) is 20.8 Å². The number of nitrogens with one attached hydrogen (secondary N) is 4. The summed E-state index contributed by atoms with van der Waals surface area (Å²) in [5, 5.41) is 12.6. The highest BCUT2D eigenvalue weighted by Crippen LogP contribution is 2.20. The second kappa shape index (κ2) is 19.5. The third kappa shape index (κ3) is 21.8.